The fraction of sp³-hybridized carbons (Fsp3) is 0.467. The molecule has 1 aromatic rings. The Hall–Kier alpha value is -1.40. The van der Waals surface area contributed by atoms with Gasteiger partial charge in [-0.25, -0.2) is 4.79 Å². The van der Waals surface area contributed by atoms with E-state index in [2.05, 4.69) is 0 Å². The van der Waals surface area contributed by atoms with Crippen molar-refractivity contribution >= 4 is 17.6 Å². The van der Waals surface area contributed by atoms with Crippen LogP contribution in [0.4, 0.5) is 5.69 Å². The molecule has 22 heavy (non-hydrogen) atoms. The van der Waals surface area contributed by atoms with Crippen molar-refractivity contribution in [3.05, 3.63) is 29.3 Å². The van der Waals surface area contributed by atoms with Crippen LogP contribution in [0, 0.1) is 13.8 Å². The van der Waals surface area contributed by atoms with Crippen LogP contribution >= 0.6 is 0 Å². The zero-order valence-electron chi connectivity index (χ0n) is 13.3. The summed E-state index contributed by atoms with van der Waals surface area (Å²) >= 11 is 0. The first-order chi connectivity index (χ1) is 9.43. The van der Waals surface area contributed by atoms with Crippen LogP contribution < -0.4 is 4.90 Å². The van der Waals surface area contributed by atoms with Gasteiger partial charge in [0.1, 0.15) is 12.6 Å². The predicted octanol–water partition coefficient (Wildman–Crippen LogP) is 1.67. The van der Waals surface area contributed by atoms with E-state index in [1.807, 2.05) is 32.0 Å². The van der Waals surface area contributed by atoms with Crippen LogP contribution in [0.15, 0.2) is 18.2 Å². The molecule has 0 aliphatic heterocycles. The molecule has 0 heterocycles. The Bertz CT molecular complexity index is 486. The second-order valence-electron chi connectivity index (χ2n) is 4.64. The summed E-state index contributed by atoms with van der Waals surface area (Å²) in [5.41, 5.74) is 2.57. The molecule has 1 unspecified atom stereocenters. The van der Waals surface area contributed by atoms with E-state index in [4.69, 9.17) is 9.47 Å². The van der Waals surface area contributed by atoms with Gasteiger partial charge in [0, 0.05) is 7.11 Å². The molecule has 1 rings (SSSR count). The molecule has 0 bridgehead atoms. The van der Waals surface area contributed by atoms with E-state index in [1.54, 1.807) is 6.92 Å². The Kier molecular flexibility index (Phi) is 10.8. The molecule has 0 spiro atoms. The smallest absolute Gasteiger partial charge is 0.870 e. The number of methoxy groups -OCH3 is 2. The molecule has 1 N–H and O–H groups in total. The van der Waals surface area contributed by atoms with Gasteiger partial charge in [0.2, 0.25) is 0 Å². The van der Waals surface area contributed by atoms with Crippen LogP contribution in [0.5, 0.6) is 0 Å². The zero-order chi connectivity index (χ0) is 15.3. The molecule has 0 saturated carbocycles. The van der Waals surface area contributed by atoms with E-state index in [-0.39, 0.29) is 35.1 Å². The summed E-state index contributed by atoms with van der Waals surface area (Å²) in [5, 5.41) is 0. The van der Waals surface area contributed by atoms with Crippen molar-refractivity contribution in [1.82, 2.24) is 0 Å². The van der Waals surface area contributed by atoms with Gasteiger partial charge >= 0.3 is 23.0 Å². The molecule has 128 valence electrons. The van der Waals surface area contributed by atoms with Crippen molar-refractivity contribution < 1.29 is 41.6 Å². The molecule has 6 nitrogen and oxygen atoms in total. The maximum absolute atomic E-state index is 12.3. The minimum atomic E-state index is -0.706. The van der Waals surface area contributed by atoms with E-state index in [1.165, 1.54) is 19.1 Å². The van der Waals surface area contributed by atoms with Crippen LogP contribution in [0.2, 0.25) is 0 Å². The Labute approximate surface area is 141 Å². The number of ether oxygens (including phenoxy) is 2. The van der Waals surface area contributed by atoms with Gasteiger partial charge in [-0.15, -0.1) is 0 Å². The first kappa shape index (κ1) is 22.9. The van der Waals surface area contributed by atoms with Gasteiger partial charge in [0.25, 0.3) is 5.91 Å². The molecular weight excluding hydrogens is 338 g/mol. The number of carbonyl (C=O) groups excluding carboxylic acids is 2. The van der Waals surface area contributed by atoms with Crippen molar-refractivity contribution in [2.24, 2.45) is 0 Å². The summed E-state index contributed by atoms with van der Waals surface area (Å²) in [5.74, 6) is -0.736. The molecule has 1 aromatic carbocycles. The average Bonchev–Trinajstić information content (AvgIpc) is 2.41. The van der Waals surface area contributed by atoms with Crippen LogP contribution in [0.25, 0.3) is 0 Å². The Morgan fingerprint density at radius 2 is 1.68 bits per heavy atom. The third kappa shape index (κ3) is 5.10. The number of nitrogens with zero attached hydrogens (tertiary/aromatic N) is 1. The van der Waals surface area contributed by atoms with E-state index >= 15 is 0 Å². The van der Waals surface area contributed by atoms with Gasteiger partial charge in [-0.2, -0.15) is 0 Å². The monoisotopic (exact) mass is 359 g/mol. The Morgan fingerprint density at radius 1 is 1.18 bits per heavy atom. The minimum Gasteiger partial charge on any atom is -0.870 e. The average molecular weight is 360 g/mol. The van der Waals surface area contributed by atoms with Crippen molar-refractivity contribution in [2.45, 2.75) is 26.8 Å². The van der Waals surface area contributed by atoms with Crippen LogP contribution in [-0.2, 0) is 36.1 Å². The third-order valence-electron chi connectivity index (χ3n) is 3.15. The van der Waals surface area contributed by atoms with Gasteiger partial charge in [0.15, 0.2) is 0 Å². The summed E-state index contributed by atoms with van der Waals surface area (Å²) in [6.07, 6.45) is 0. The number of para-hydroxylation sites is 1. The summed E-state index contributed by atoms with van der Waals surface area (Å²) < 4.78 is 9.65. The Balaban J connectivity index is 0. The van der Waals surface area contributed by atoms with E-state index in [0.29, 0.717) is 0 Å². The van der Waals surface area contributed by atoms with Crippen molar-refractivity contribution in [1.29, 1.82) is 0 Å². The molecule has 1 amide bonds. The normalized spacial score (nSPS) is 10.8. The minimum absolute atomic E-state index is 0. The number of carbonyl (C=O) groups is 2. The van der Waals surface area contributed by atoms with Crippen molar-refractivity contribution in [2.75, 3.05) is 25.7 Å². The summed E-state index contributed by atoms with van der Waals surface area (Å²) in [7, 11) is 2.76. The number of rotatable bonds is 5. The number of hydrogen-bond acceptors (Lipinski definition) is 5. The fourth-order valence-corrected chi connectivity index (χ4v) is 2.19. The van der Waals surface area contributed by atoms with Gasteiger partial charge < -0.3 is 14.9 Å². The predicted molar refractivity (Wildman–Crippen MR) is 78.7 cm³/mol. The zero-order valence-corrected chi connectivity index (χ0v) is 14.3. The number of amides is 1. The first-order valence-corrected chi connectivity index (χ1v) is 6.39. The maximum Gasteiger partial charge on any atom is 1.00 e. The molecule has 0 aliphatic carbocycles. The Morgan fingerprint density at radius 3 is 2.09 bits per heavy atom. The van der Waals surface area contributed by atoms with Gasteiger partial charge in [0.05, 0.1) is 12.8 Å². The maximum atomic E-state index is 12.3. The number of benzene rings is 1. The van der Waals surface area contributed by atoms with Crippen LogP contribution in [-0.4, -0.2) is 44.2 Å². The number of esters is 1. The quantitative estimate of drug-likeness (QED) is 0.589. The van der Waals surface area contributed by atoms with E-state index in [0.717, 1.165) is 16.8 Å². The van der Waals surface area contributed by atoms with Crippen LogP contribution in [0.3, 0.4) is 0 Å². The first-order valence-electron chi connectivity index (χ1n) is 6.39. The molecule has 0 fully saturated rings. The molecule has 0 radical (unpaired) electrons. The SMILES string of the molecule is COCC(=O)N(c1c(C)cccc1C)C(C)C(=O)OC.[Cu+].[OH-]. The number of aryl methyl sites for hydroxylation is 2. The van der Waals surface area contributed by atoms with E-state index in [9.17, 15) is 9.59 Å². The largest absolute Gasteiger partial charge is 1.00 e. The molecule has 0 aliphatic rings. The van der Waals surface area contributed by atoms with Gasteiger partial charge in [-0.1, -0.05) is 18.2 Å². The number of anilines is 1. The summed E-state index contributed by atoms with van der Waals surface area (Å²) in [4.78, 5) is 25.5. The second-order valence-corrected chi connectivity index (χ2v) is 4.64. The molecular formula is C15H22CuNO5. The van der Waals surface area contributed by atoms with Crippen LogP contribution in [0.1, 0.15) is 18.1 Å². The molecule has 7 heteroatoms. The summed E-state index contributed by atoms with van der Waals surface area (Å²) in [6, 6.07) is 5.01. The number of hydrogen-bond donors (Lipinski definition) is 0. The standard InChI is InChI=1S/C15H21NO4.Cu.H2O/c1-10-7-6-8-11(2)14(10)16(13(17)9-19-4)12(3)15(18)20-5;;/h6-8,12H,9H2,1-5H3;;1H2/q;+1;/p-1. The third-order valence-corrected chi connectivity index (χ3v) is 3.15. The topological polar surface area (TPSA) is 85.8 Å². The molecule has 0 saturated heterocycles. The fourth-order valence-electron chi connectivity index (χ4n) is 2.19. The van der Waals surface area contributed by atoms with Crippen molar-refractivity contribution in [3.8, 4) is 0 Å². The van der Waals surface area contributed by atoms with Gasteiger partial charge in [-0.3, -0.25) is 9.69 Å². The van der Waals surface area contributed by atoms with Gasteiger partial charge in [-0.05, 0) is 31.9 Å². The second kappa shape index (κ2) is 10.3. The summed E-state index contributed by atoms with van der Waals surface area (Å²) in [6.45, 7) is 5.36. The van der Waals surface area contributed by atoms with Crippen molar-refractivity contribution in [3.63, 3.8) is 0 Å². The molecule has 1 atom stereocenters. The van der Waals surface area contributed by atoms with E-state index < -0.39 is 12.0 Å². The molecule has 0 aromatic heterocycles.